The molecule has 0 saturated carbocycles. The van der Waals surface area contributed by atoms with E-state index in [4.69, 9.17) is 16.7 Å². The highest BCUT2D eigenvalue weighted by Crippen LogP contribution is 2.27. The number of thioether (sulfide) groups is 1. The van der Waals surface area contributed by atoms with Gasteiger partial charge in [0.1, 0.15) is 6.04 Å². The zero-order valence-electron chi connectivity index (χ0n) is 11.3. The normalized spacial score (nSPS) is 13.4. The second-order valence-electron chi connectivity index (χ2n) is 4.48. The summed E-state index contributed by atoms with van der Waals surface area (Å²) in [7, 11) is -3.92. The molecule has 0 heterocycles. The Labute approximate surface area is 127 Å². The molecule has 1 aromatic carbocycles. The molecule has 112 valence electrons. The molecule has 0 saturated heterocycles. The average molecular weight is 338 g/mol. The monoisotopic (exact) mass is 337 g/mol. The van der Waals surface area contributed by atoms with E-state index in [2.05, 4.69) is 4.72 Å². The fourth-order valence-corrected chi connectivity index (χ4v) is 3.82. The van der Waals surface area contributed by atoms with Gasteiger partial charge in [-0.2, -0.15) is 4.72 Å². The van der Waals surface area contributed by atoms with Crippen LogP contribution in [-0.4, -0.2) is 31.8 Å². The summed E-state index contributed by atoms with van der Waals surface area (Å²) in [6.45, 7) is 3.26. The van der Waals surface area contributed by atoms with Crippen molar-refractivity contribution in [2.75, 3.05) is 6.26 Å². The molecule has 20 heavy (non-hydrogen) atoms. The van der Waals surface area contributed by atoms with E-state index in [1.54, 1.807) is 19.9 Å². The lowest BCUT2D eigenvalue weighted by Crippen LogP contribution is -2.44. The van der Waals surface area contributed by atoms with Crippen LogP contribution in [0.1, 0.15) is 13.8 Å². The lowest BCUT2D eigenvalue weighted by atomic mass is 10.1. The van der Waals surface area contributed by atoms with Crippen LogP contribution < -0.4 is 4.72 Å². The topological polar surface area (TPSA) is 83.5 Å². The molecule has 8 heteroatoms. The van der Waals surface area contributed by atoms with Gasteiger partial charge in [0.2, 0.25) is 10.0 Å². The van der Waals surface area contributed by atoms with Gasteiger partial charge < -0.3 is 5.11 Å². The number of rotatable bonds is 6. The first-order chi connectivity index (χ1) is 9.19. The highest BCUT2D eigenvalue weighted by molar-refractivity contribution is 7.98. The number of sulfonamides is 1. The summed E-state index contributed by atoms with van der Waals surface area (Å²) >= 11 is 7.36. The predicted molar refractivity (Wildman–Crippen MR) is 79.8 cm³/mol. The molecule has 0 bridgehead atoms. The predicted octanol–water partition coefficient (Wildman–Crippen LogP) is 2.45. The van der Waals surface area contributed by atoms with Gasteiger partial charge in [0.05, 0.1) is 9.92 Å². The number of aliphatic carboxylic acids is 1. The number of carboxylic acid groups (broad SMARTS) is 1. The molecule has 1 aromatic rings. The minimum Gasteiger partial charge on any atom is -0.480 e. The van der Waals surface area contributed by atoms with Gasteiger partial charge in [-0.15, -0.1) is 11.8 Å². The minimum atomic E-state index is -3.92. The van der Waals surface area contributed by atoms with Gasteiger partial charge >= 0.3 is 5.97 Å². The molecule has 0 aliphatic carbocycles. The standard InChI is InChI=1S/C12H16ClNO4S2/c1-7(2)11(12(15)16)14-20(17,18)8-4-5-10(19-3)9(13)6-8/h4-7,11,14H,1-3H3,(H,15,16). The van der Waals surface area contributed by atoms with Gasteiger partial charge in [-0.1, -0.05) is 25.4 Å². The fraction of sp³-hybridized carbons (Fsp3) is 0.417. The van der Waals surface area contributed by atoms with Crippen molar-refractivity contribution in [1.29, 1.82) is 0 Å². The van der Waals surface area contributed by atoms with Crippen molar-refractivity contribution < 1.29 is 18.3 Å². The first-order valence-corrected chi connectivity index (χ1v) is 8.86. The van der Waals surface area contributed by atoms with E-state index in [1.165, 1.54) is 23.9 Å². The van der Waals surface area contributed by atoms with E-state index in [0.717, 1.165) is 4.90 Å². The first kappa shape index (κ1) is 17.3. The molecular weight excluding hydrogens is 322 g/mol. The van der Waals surface area contributed by atoms with E-state index in [0.29, 0.717) is 5.02 Å². The van der Waals surface area contributed by atoms with Crippen LogP contribution in [0.2, 0.25) is 5.02 Å². The first-order valence-electron chi connectivity index (χ1n) is 5.77. The van der Waals surface area contributed by atoms with E-state index in [1.807, 2.05) is 6.26 Å². The fourth-order valence-electron chi connectivity index (χ4n) is 1.52. The van der Waals surface area contributed by atoms with Gasteiger partial charge in [-0.3, -0.25) is 4.79 Å². The maximum atomic E-state index is 12.2. The number of carbonyl (C=O) groups is 1. The molecule has 0 aliphatic rings. The molecule has 0 amide bonds. The van der Waals surface area contributed by atoms with Crippen molar-refractivity contribution in [3.63, 3.8) is 0 Å². The summed E-state index contributed by atoms with van der Waals surface area (Å²) in [5.41, 5.74) is 0. The molecule has 1 unspecified atom stereocenters. The summed E-state index contributed by atoms with van der Waals surface area (Å²) in [6, 6.07) is 3.13. The number of carboxylic acids is 1. The Morgan fingerprint density at radius 1 is 1.40 bits per heavy atom. The van der Waals surface area contributed by atoms with Crippen molar-refractivity contribution in [2.24, 2.45) is 5.92 Å². The Hall–Kier alpha value is -0.760. The number of halogens is 1. The van der Waals surface area contributed by atoms with Crippen LogP contribution in [0.4, 0.5) is 0 Å². The number of benzene rings is 1. The molecule has 0 fully saturated rings. The van der Waals surface area contributed by atoms with Crippen molar-refractivity contribution >= 4 is 39.4 Å². The Morgan fingerprint density at radius 2 is 2.00 bits per heavy atom. The van der Waals surface area contributed by atoms with Crippen molar-refractivity contribution in [3.8, 4) is 0 Å². The third-order valence-electron chi connectivity index (χ3n) is 2.65. The minimum absolute atomic E-state index is 0.0489. The maximum absolute atomic E-state index is 12.2. The van der Waals surface area contributed by atoms with Crippen molar-refractivity contribution in [1.82, 2.24) is 4.72 Å². The van der Waals surface area contributed by atoms with E-state index < -0.39 is 22.0 Å². The zero-order valence-corrected chi connectivity index (χ0v) is 13.6. The molecule has 0 aliphatic heterocycles. The van der Waals surface area contributed by atoms with Crippen LogP contribution >= 0.6 is 23.4 Å². The van der Waals surface area contributed by atoms with Crippen LogP contribution in [0.25, 0.3) is 0 Å². The second-order valence-corrected chi connectivity index (χ2v) is 7.45. The van der Waals surface area contributed by atoms with Crippen LogP contribution in [0.3, 0.4) is 0 Å². The van der Waals surface area contributed by atoms with Gasteiger partial charge in [-0.25, -0.2) is 8.42 Å². The van der Waals surface area contributed by atoms with Crippen molar-refractivity contribution in [2.45, 2.75) is 29.7 Å². The summed E-state index contributed by atoms with van der Waals surface area (Å²) in [5.74, 6) is -1.58. The van der Waals surface area contributed by atoms with Crippen LogP contribution in [0.15, 0.2) is 28.0 Å². The Bertz CT molecular complexity index is 601. The highest BCUT2D eigenvalue weighted by Gasteiger charge is 2.28. The third kappa shape index (κ3) is 4.12. The zero-order chi connectivity index (χ0) is 15.5. The molecule has 2 N–H and O–H groups in total. The average Bonchev–Trinajstić information content (AvgIpc) is 2.35. The lowest BCUT2D eigenvalue weighted by Gasteiger charge is -2.18. The summed E-state index contributed by atoms with van der Waals surface area (Å²) in [5, 5.41) is 9.35. The van der Waals surface area contributed by atoms with E-state index in [-0.39, 0.29) is 10.8 Å². The molecule has 0 spiro atoms. The molecular formula is C12H16ClNO4S2. The van der Waals surface area contributed by atoms with E-state index >= 15 is 0 Å². The van der Waals surface area contributed by atoms with E-state index in [9.17, 15) is 13.2 Å². The third-order valence-corrected chi connectivity index (χ3v) is 5.31. The summed E-state index contributed by atoms with van der Waals surface area (Å²) in [4.78, 5) is 11.8. The quantitative estimate of drug-likeness (QED) is 0.779. The van der Waals surface area contributed by atoms with Gasteiger partial charge in [-0.05, 0) is 30.4 Å². The number of nitrogens with one attached hydrogen (secondary N) is 1. The van der Waals surface area contributed by atoms with Crippen LogP contribution in [0.5, 0.6) is 0 Å². The molecule has 1 rings (SSSR count). The molecule has 1 atom stereocenters. The van der Waals surface area contributed by atoms with Crippen LogP contribution in [0, 0.1) is 5.92 Å². The molecule has 0 radical (unpaired) electrons. The van der Waals surface area contributed by atoms with Gasteiger partial charge in [0, 0.05) is 4.90 Å². The summed E-state index contributed by atoms with van der Waals surface area (Å²) in [6.07, 6.45) is 1.83. The number of hydrogen-bond donors (Lipinski definition) is 2. The molecule has 0 aromatic heterocycles. The smallest absolute Gasteiger partial charge is 0.322 e. The largest absolute Gasteiger partial charge is 0.480 e. The maximum Gasteiger partial charge on any atom is 0.322 e. The second kappa shape index (κ2) is 6.80. The SMILES string of the molecule is CSc1ccc(S(=O)(=O)NC(C(=O)O)C(C)C)cc1Cl. The van der Waals surface area contributed by atoms with Gasteiger partial charge in [0.15, 0.2) is 0 Å². The van der Waals surface area contributed by atoms with Crippen LogP contribution in [-0.2, 0) is 14.8 Å². The van der Waals surface area contributed by atoms with Gasteiger partial charge in [0.25, 0.3) is 0 Å². The Balaban J connectivity index is 3.11. The highest BCUT2D eigenvalue weighted by atomic mass is 35.5. The Kier molecular flexibility index (Phi) is 5.88. The Morgan fingerprint density at radius 3 is 2.40 bits per heavy atom. The van der Waals surface area contributed by atoms with Crippen molar-refractivity contribution in [3.05, 3.63) is 23.2 Å². The lowest BCUT2D eigenvalue weighted by molar-refractivity contribution is -0.140. The number of hydrogen-bond acceptors (Lipinski definition) is 4. The molecule has 5 nitrogen and oxygen atoms in total. The summed E-state index contributed by atoms with van der Waals surface area (Å²) < 4.78 is 26.5.